The predicted octanol–water partition coefficient (Wildman–Crippen LogP) is 3.28. The van der Waals surface area contributed by atoms with Crippen LogP contribution in [0.4, 0.5) is 13.2 Å². The molecule has 14 heteroatoms. The van der Waals surface area contributed by atoms with Gasteiger partial charge in [0.1, 0.15) is 6.10 Å². The minimum Gasteiger partial charge on any atom is -0.473 e. The number of ether oxygens (including phenoxy) is 2. The van der Waals surface area contributed by atoms with Gasteiger partial charge in [0, 0.05) is 12.2 Å². The zero-order valence-electron chi connectivity index (χ0n) is 19.8. The monoisotopic (exact) mass is 536 g/mol. The molecule has 3 aromatic heterocycles. The van der Waals surface area contributed by atoms with Crippen molar-refractivity contribution in [2.45, 2.75) is 50.9 Å². The first-order chi connectivity index (χ1) is 17.5. The first kappa shape index (κ1) is 25.0. The van der Waals surface area contributed by atoms with Crippen molar-refractivity contribution in [1.82, 2.24) is 25.1 Å². The molecule has 0 aromatic carbocycles. The second-order valence-electron chi connectivity index (χ2n) is 9.37. The number of alkyl halides is 3. The molecule has 0 bridgehead atoms. The Kier molecular flexibility index (Phi) is 6.09. The summed E-state index contributed by atoms with van der Waals surface area (Å²) in [5, 5.41) is 7.43. The molecule has 0 unspecified atom stereocenters. The van der Waals surface area contributed by atoms with Crippen molar-refractivity contribution >= 4 is 23.2 Å². The van der Waals surface area contributed by atoms with Crippen LogP contribution in [0, 0.1) is 12.3 Å². The quantitative estimate of drug-likeness (QED) is 0.473. The van der Waals surface area contributed by atoms with Crippen LogP contribution in [-0.2, 0) is 6.18 Å². The van der Waals surface area contributed by atoms with E-state index in [9.17, 15) is 22.8 Å². The lowest BCUT2D eigenvalue weighted by Gasteiger charge is -2.57. The summed E-state index contributed by atoms with van der Waals surface area (Å²) in [6.45, 7) is 1.66. The van der Waals surface area contributed by atoms with Crippen LogP contribution in [0.5, 0.6) is 11.1 Å². The van der Waals surface area contributed by atoms with Gasteiger partial charge in [0.25, 0.3) is 17.0 Å². The molecular formula is C23H23F3N6O4S. The molecule has 2 saturated carbocycles. The van der Waals surface area contributed by atoms with Gasteiger partial charge in [-0.3, -0.25) is 9.59 Å². The average Bonchev–Trinajstić information content (AvgIpc) is 3.39. The summed E-state index contributed by atoms with van der Waals surface area (Å²) in [5.41, 5.74) is 5.40. The molecule has 0 radical (unpaired) electrons. The Morgan fingerprint density at radius 2 is 1.95 bits per heavy atom. The number of thiazole rings is 1. The number of amides is 2. The summed E-state index contributed by atoms with van der Waals surface area (Å²) in [5.74, 6) is -0.550. The van der Waals surface area contributed by atoms with Gasteiger partial charge in [0.05, 0.1) is 30.1 Å². The van der Waals surface area contributed by atoms with E-state index in [1.807, 2.05) is 0 Å². The highest BCUT2D eigenvalue weighted by atomic mass is 32.1. The molecule has 3 N–H and O–H groups in total. The molecule has 3 heterocycles. The Morgan fingerprint density at radius 3 is 2.54 bits per heavy atom. The smallest absolute Gasteiger partial charge is 0.417 e. The molecule has 10 nitrogen and oxygen atoms in total. The largest absolute Gasteiger partial charge is 0.473 e. The minimum atomic E-state index is -4.48. The van der Waals surface area contributed by atoms with E-state index in [0.29, 0.717) is 16.5 Å². The van der Waals surface area contributed by atoms with Crippen LogP contribution in [0.1, 0.15) is 57.0 Å². The highest BCUT2D eigenvalue weighted by Crippen LogP contribution is 2.57. The summed E-state index contributed by atoms with van der Waals surface area (Å²) in [6, 6.07) is 2.12. The summed E-state index contributed by atoms with van der Waals surface area (Å²) in [6.07, 6.45) is 0.650. The maximum atomic E-state index is 12.8. The van der Waals surface area contributed by atoms with Gasteiger partial charge in [0.15, 0.2) is 10.7 Å². The van der Waals surface area contributed by atoms with Crippen molar-refractivity contribution < 1.29 is 32.2 Å². The summed E-state index contributed by atoms with van der Waals surface area (Å²) in [4.78, 5) is 32.7. The van der Waals surface area contributed by atoms with Gasteiger partial charge in [-0.05, 0) is 50.2 Å². The van der Waals surface area contributed by atoms with E-state index in [2.05, 4.69) is 20.4 Å². The number of pyridine rings is 1. The molecule has 0 saturated heterocycles. The third-order valence-corrected chi connectivity index (χ3v) is 7.83. The molecule has 2 fully saturated rings. The fraction of sp³-hybridized carbons (Fsp3) is 0.435. The van der Waals surface area contributed by atoms with Gasteiger partial charge < -0.3 is 20.5 Å². The van der Waals surface area contributed by atoms with Gasteiger partial charge in [-0.1, -0.05) is 11.3 Å². The topological polar surface area (TPSA) is 134 Å². The van der Waals surface area contributed by atoms with Crippen molar-refractivity contribution in [2.75, 3.05) is 7.11 Å². The molecule has 1 spiro atoms. The lowest BCUT2D eigenvalue weighted by atomic mass is 9.53. The Morgan fingerprint density at radius 1 is 1.22 bits per heavy atom. The molecule has 0 atom stereocenters. The van der Waals surface area contributed by atoms with Crippen LogP contribution in [0.3, 0.4) is 0 Å². The zero-order chi connectivity index (χ0) is 26.5. The number of methoxy groups -OCH3 is 1. The molecule has 3 aromatic rings. The first-order valence-electron chi connectivity index (χ1n) is 11.4. The van der Waals surface area contributed by atoms with Crippen molar-refractivity contribution in [1.29, 1.82) is 0 Å². The highest BCUT2D eigenvalue weighted by molar-refractivity contribution is 7.15. The van der Waals surface area contributed by atoms with Crippen LogP contribution < -0.4 is 20.5 Å². The van der Waals surface area contributed by atoms with Crippen LogP contribution >= 0.6 is 11.3 Å². The zero-order valence-corrected chi connectivity index (χ0v) is 20.7. The molecule has 196 valence electrons. The van der Waals surface area contributed by atoms with E-state index in [1.54, 1.807) is 6.92 Å². The van der Waals surface area contributed by atoms with E-state index < -0.39 is 17.6 Å². The van der Waals surface area contributed by atoms with Crippen molar-refractivity contribution in [2.24, 2.45) is 11.1 Å². The third-order valence-electron chi connectivity index (χ3n) is 6.82. The Bertz CT molecular complexity index is 1340. The maximum absolute atomic E-state index is 12.8. The number of hydrogen-bond acceptors (Lipinski definition) is 8. The summed E-state index contributed by atoms with van der Waals surface area (Å²) in [7, 11) is 1.45. The molecule has 2 aliphatic rings. The van der Waals surface area contributed by atoms with Crippen LogP contribution in [-0.4, -0.2) is 50.8 Å². The molecule has 0 aliphatic heterocycles. The van der Waals surface area contributed by atoms with Crippen molar-refractivity contribution in [3.63, 3.8) is 0 Å². The standard InChI is InChI=1S/C23H23F3N6O4S/c1-11-15(10-29-32(11)16-4-3-12(9-28-16)23(24,25)26)19(34)30-13-5-22(6-13)7-14(8-22)36-20-17(18(27)33)37-21(31-20)35-2/h3-4,9-10,13-14H,5-8H2,1-2H3,(H2,27,33)(H,30,34). The number of rotatable bonds is 7. The average molecular weight is 537 g/mol. The van der Waals surface area contributed by atoms with Gasteiger partial charge in [0.2, 0.25) is 5.88 Å². The number of carbonyl (C=O) groups excluding carboxylic acids is 2. The number of aromatic nitrogens is 4. The van der Waals surface area contributed by atoms with E-state index in [0.717, 1.165) is 49.3 Å². The van der Waals surface area contributed by atoms with E-state index in [-0.39, 0.29) is 40.0 Å². The summed E-state index contributed by atoms with van der Waals surface area (Å²) < 4.78 is 50.6. The molecule has 5 rings (SSSR count). The number of hydrogen-bond donors (Lipinski definition) is 2. The molecule has 2 aliphatic carbocycles. The Labute approximate surface area is 213 Å². The van der Waals surface area contributed by atoms with Crippen LogP contribution in [0.2, 0.25) is 0 Å². The van der Waals surface area contributed by atoms with E-state index >= 15 is 0 Å². The first-order valence-corrected chi connectivity index (χ1v) is 12.2. The maximum Gasteiger partial charge on any atom is 0.417 e. The van der Waals surface area contributed by atoms with E-state index in [4.69, 9.17) is 15.2 Å². The lowest BCUT2D eigenvalue weighted by Crippen LogP contribution is -2.58. The normalized spacial score (nSPS) is 22.7. The summed E-state index contributed by atoms with van der Waals surface area (Å²) >= 11 is 1.04. The number of nitrogens with one attached hydrogen (secondary N) is 1. The number of halogens is 3. The van der Waals surface area contributed by atoms with Gasteiger partial charge in [-0.15, -0.1) is 0 Å². The van der Waals surface area contributed by atoms with Crippen LogP contribution in [0.25, 0.3) is 5.82 Å². The van der Waals surface area contributed by atoms with Crippen LogP contribution in [0.15, 0.2) is 24.5 Å². The molecule has 37 heavy (non-hydrogen) atoms. The molecule has 2 amide bonds. The van der Waals surface area contributed by atoms with Gasteiger partial charge >= 0.3 is 6.18 Å². The Hall–Kier alpha value is -3.68. The third kappa shape index (κ3) is 4.72. The number of nitrogens with two attached hydrogens (primary N) is 1. The fourth-order valence-electron chi connectivity index (χ4n) is 4.98. The highest BCUT2D eigenvalue weighted by Gasteiger charge is 2.54. The number of primary amides is 1. The SMILES string of the molecule is COc1nc(OC2CC3(CC(NC(=O)c4cnn(-c5ccc(C(F)(F)F)cn5)c4C)C3)C2)c(C(N)=O)s1. The number of carbonyl (C=O) groups is 2. The van der Waals surface area contributed by atoms with Crippen molar-refractivity contribution in [3.05, 3.63) is 46.2 Å². The van der Waals surface area contributed by atoms with Gasteiger partial charge in [-0.2, -0.15) is 23.3 Å². The second kappa shape index (κ2) is 9.01. The van der Waals surface area contributed by atoms with Gasteiger partial charge in [-0.25, -0.2) is 9.67 Å². The second-order valence-corrected chi connectivity index (χ2v) is 10.3. The predicted molar refractivity (Wildman–Crippen MR) is 125 cm³/mol. The number of nitrogens with zero attached hydrogens (tertiary/aromatic N) is 4. The Balaban J connectivity index is 1.14. The fourth-order valence-corrected chi connectivity index (χ4v) is 5.65. The minimum absolute atomic E-state index is 0.0130. The molecular weight excluding hydrogens is 513 g/mol. The lowest BCUT2D eigenvalue weighted by molar-refractivity contribution is -0.137. The van der Waals surface area contributed by atoms with Crippen molar-refractivity contribution in [3.8, 4) is 16.9 Å². The van der Waals surface area contributed by atoms with E-state index in [1.165, 1.54) is 24.1 Å².